The minimum absolute atomic E-state index is 0.121. The molecule has 8 heteroatoms. The number of hydrogen-bond acceptors (Lipinski definition) is 8. The molecule has 0 unspecified atom stereocenters. The smallest absolute Gasteiger partial charge is 0.311 e. The van der Waals surface area contributed by atoms with E-state index in [2.05, 4.69) is 11.8 Å². The monoisotopic (exact) mass is 478 g/mol. The summed E-state index contributed by atoms with van der Waals surface area (Å²) >= 11 is 0. The van der Waals surface area contributed by atoms with Gasteiger partial charge in [-0.05, 0) is 66.5 Å². The minimum Gasteiger partial charge on any atom is -0.461 e. The van der Waals surface area contributed by atoms with Crippen LogP contribution in [0.15, 0.2) is 12.2 Å². The summed E-state index contributed by atoms with van der Waals surface area (Å²) in [7, 11) is 0. The zero-order valence-corrected chi connectivity index (χ0v) is 21.0. The average molecular weight is 479 g/mol. The third kappa shape index (κ3) is 6.82. The van der Waals surface area contributed by atoms with Crippen LogP contribution in [0.4, 0.5) is 0 Å². The van der Waals surface area contributed by atoms with Gasteiger partial charge in [-0.1, -0.05) is 11.8 Å². The summed E-state index contributed by atoms with van der Waals surface area (Å²) in [5, 5.41) is 10.9. The second kappa shape index (κ2) is 10.8. The zero-order chi connectivity index (χ0) is 25.1. The molecule has 1 N–H and O–H groups in total. The molecule has 0 bridgehead atoms. The molecule has 7 atom stereocenters. The number of aliphatic hydroxyl groups is 1. The van der Waals surface area contributed by atoms with Gasteiger partial charge in [0.1, 0.15) is 31.0 Å². The number of esters is 2. The zero-order valence-electron chi connectivity index (χ0n) is 21.0. The second-order valence-corrected chi connectivity index (χ2v) is 11.2. The van der Waals surface area contributed by atoms with Crippen molar-refractivity contribution in [1.29, 1.82) is 0 Å². The van der Waals surface area contributed by atoms with Gasteiger partial charge in [-0.2, -0.15) is 0 Å². The molecule has 0 spiro atoms. The Balaban J connectivity index is 1.69. The molecule has 0 amide bonds. The SMILES string of the molecule is CC(C)(C)C(=O)OC[C@H](/C=C/[C@@H]1C#CC[C@H]2O[C@H]3CCCO[C@@H]3[C@@H](O)[C@@H]2O1)OC(=O)C(C)(C)C. The molecule has 0 aliphatic carbocycles. The van der Waals surface area contributed by atoms with Gasteiger partial charge < -0.3 is 28.8 Å². The Labute approximate surface area is 202 Å². The average Bonchev–Trinajstić information content (AvgIpc) is 2.96. The number of carbonyl (C=O) groups is 2. The number of aliphatic hydroxyl groups excluding tert-OH is 1. The second-order valence-electron chi connectivity index (χ2n) is 11.2. The molecule has 0 aromatic rings. The Morgan fingerprint density at radius 1 is 1.06 bits per heavy atom. The quantitative estimate of drug-likeness (QED) is 0.366. The van der Waals surface area contributed by atoms with Crippen LogP contribution in [0.25, 0.3) is 0 Å². The highest BCUT2D eigenvalue weighted by molar-refractivity contribution is 5.76. The summed E-state index contributed by atoms with van der Waals surface area (Å²) in [6.45, 7) is 11.0. The van der Waals surface area contributed by atoms with Gasteiger partial charge in [-0.15, -0.1) is 0 Å². The van der Waals surface area contributed by atoms with E-state index in [1.165, 1.54) is 0 Å². The van der Waals surface area contributed by atoms with Crippen LogP contribution in [-0.2, 0) is 33.3 Å². The van der Waals surface area contributed by atoms with Gasteiger partial charge in [-0.25, -0.2) is 0 Å². The van der Waals surface area contributed by atoms with E-state index >= 15 is 0 Å². The molecular weight excluding hydrogens is 440 g/mol. The summed E-state index contributed by atoms with van der Waals surface area (Å²) in [5.74, 6) is 5.29. The van der Waals surface area contributed by atoms with Crippen LogP contribution in [0.1, 0.15) is 60.8 Å². The molecule has 3 heterocycles. The Kier molecular flexibility index (Phi) is 8.46. The number of fused-ring (bicyclic) bond motifs is 2. The van der Waals surface area contributed by atoms with Crippen molar-refractivity contribution >= 4 is 11.9 Å². The van der Waals surface area contributed by atoms with E-state index in [0.29, 0.717) is 13.0 Å². The van der Waals surface area contributed by atoms with E-state index in [0.717, 1.165) is 12.8 Å². The van der Waals surface area contributed by atoms with Crippen LogP contribution in [0.2, 0.25) is 0 Å². The van der Waals surface area contributed by atoms with E-state index in [-0.39, 0.29) is 18.8 Å². The van der Waals surface area contributed by atoms with E-state index in [9.17, 15) is 14.7 Å². The van der Waals surface area contributed by atoms with Crippen molar-refractivity contribution < 1.29 is 38.4 Å². The number of hydrogen-bond donors (Lipinski definition) is 1. The largest absolute Gasteiger partial charge is 0.461 e. The van der Waals surface area contributed by atoms with Crippen LogP contribution < -0.4 is 0 Å². The highest BCUT2D eigenvalue weighted by Crippen LogP contribution is 2.33. The van der Waals surface area contributed by atoms with Gasteiger partial charge in [0.25, 0.3) is 0 Å². The molecule has 34 heavy (non-hydrogen) atoms. The fraction of sp³-hybridized carbons (Fsp3) is 0.769. The highest BCUT2D eigenvalue weighted by Gasteiger charge is 2.48. The van der Waals surface area contributed by atoms with Crippen LogP contribution in [0.5, 0.6) is 0 Å². The van der Waals surface area contributed by atoms with Gasteiger partial charge in [-0.3, -0.25) is 9.59 Å². The highest BCUT2D eigenvalue weighted by atomic mass is 16.6. The minimum atomic E-state index is -0.830. The molecular formula is C26H38O8. The first-order valence-corrected chi connectivity index (χ1v) is 12.0. The Morgan fingerprint density at radius 2 is 1.76 bits per heavy atom. The molecule has 8 nitrogen and oxygen atoms in total. The number of carbonyl (C=O) groups excluding carboxylic acids is 2. The third-order valence-electron chi connectivity index (χ3n) is 5.91. The predicted octanol–water partition coefficient (Wildman–Crippen LogP) is 2.56. The van der Waals surface area contributed by atoms with E-state index in [1.807, 2.05) is 0 Å². The maximum absolute atomic E-state index is 12.5. The van der Waals surface area contributed by atoms with Gasteiger partial charge in [0.15, 0.2) is 6.10 Å². The van der Waals surface area contributed by atoms with Gasteiger partial charge in [0.05, 0.1) is 23.0 Å². The lowest BCUT2D eigenvalue weighted by molar-refractivity contribution is -0.258. The van der Waals surface area contributed by atoms with Crippen LogP contribution in [-0.4, -0.2) is 73.0 Å². The first kappa shape index (κ1) is 26.7. The predicted molar refractivity (Wildman–Crippen MR) is 124 cm³/mol. The first-order valence-electron chi connectivity index (χ1n) is 12.0. The normalized spacial score (nSPS) is 32.4. The molecule has 190 valence electrons. The summed E-state index contributed by atoms with van der Waals surface area (Å²) in [5.41, 5.74) is -1.39. The number of rotatable bonds is 5. The van der Waals surface area contributed by atoms with Crippen molar-refractivity contribution in [2.24, 2.45) is 10.8 Å². The van der Waals surface area contributed by atoms with Crippen molar-refractivity contribution in [2.75, 3.05) is 13.2 Å². The van der Waals surface area contributed by atoms with Crippen LogP contribution in [0.3, 0.4) is 0 Å². The van der Waals surface area contributed by atoms with Gasteiger partial charge >= 0.3 is 11.9 Å². The number of ether oxygens (including phenoxy) is 5. The first-order chi connectivity index (χ1) is 15.9. The van der Waals surface area contributed by atoms with Crippen molar-refractivity contribution in [2.45, 2.75) is 104 Å². The molecule has 0 saturated carbocycles. The summed E-state index contributed by atoms with van der Waals surface area (Å²) in [6, 6.07) is 0. The lowest BCUT2D eigenvalue weighted by Gasteiger charge is -2.46. The van der Waals surface area contributed by atoms with Crippen molar-refractivity contribution in [3.63, 3.8) is 0 Å². The van der Waals surface area contributed by atoms with Gasteiger partial charge in [0, 0.05) is 13.0 Å². The molecule has 0 aromatic carbocycles. The maximum atomic E-state index is 12.5. The van der Waals surface area contributed by atoms with Crippen LogP contribution >= 0.6 is 0 Å². The molecule has 3 aliphatic heterocycles. The van der Waals surface area contributed by atoms with E-state index in [1.54, 1.807) is 53.7 Å². The molecule has 3 aliphatic rings. The summed E-state index contributed by atoms with van der Waals surface area (Å²) in [6.07, 6.45) is 1.67. The fourth-order valence-corrected chi connectivity index (χ4v) is 3.88. The molecule has 0 radical (unpaired) electrons. The van der Waals surface area contributed by atoms with Crippen molar-refractivity contribution in [3.05, 3.63) is 12.2 Å². The topological polar surface area (TPSA) is 101 Å². The lowest BCUT2D eigenvalue weighted by Crippen LogP contribution is -2.60. The van der Waals surface area contributed by atoms with Crippen molar-refractivity contribution in [3.8, 4) is 11.8 Å². The van der Waals surface area contributed by atoms with E-state index < -0.39 is 53.3 Å². The third-order valence-corrected chi connectivity index (χ3v) is 5.91. The Morgan fingerprint density at radius 3 is 2.44 bits per heavy atom. The maximum Gasteiger partial charge on any atom is 0.311 e. The Hall–Kier alpha value is -1.92. The van der Waals surface area contributed by atoms with Gasteiger partial charge in [0.2, 0.25) is 0 Å². The van der Waals surface area contributed by atoms with Crippen LogP contribution in [0, 0.1) is 22.7 Å². The summed E-state index contributed by atoms with van der Waals surface area (Å²) in [4.78, 5) is 24.7. The molecule has 0 aromatic heterocycles. The van der Waals surface area contributed by atoms with Crippen molar-refractivity contribution in [1.82, 2.24) is 0 Å². The lowest BCUT2D eigenvalue weighted by atomic mass is 9.90. The fourth-order valence-electron chi connectivity index (χ4n) is 3.88. The molecule has 2 saturated heterocycles. The Bertz CT molecular complexity index is 824. The summed E-state index contributed by atoms with van der Waals surface area (Å²) < 4.78 is 29.0. The standard InChI is InChI=1S/C26H38O8/c1-25(2,3)23(28)31-15-17(33-24(29)26(4,5)6)13-12-16-9-7-10-19-22(32-16)20(27)21-18(34-19)11-8-14-30-21/h12-13,16-22,27H,8,10-11,14-15H2,1-6H3/b13-12+/t16-,17-,18-,19+,20+,21-,22+/m0/s1. The molecule has 2 fully saturated rings. The molecule has 3 rings (SSSR count). The van der Waals surface area contributed by atoms with E-state index in [4.69, 9.17) is 23.7 Å².